The molecular formula is C20H22FN3OS. The molecule has 0 fully saturated rings. The van der Waals surface area contributed by atoms with Crippen LogP contribution in [0.1, 0.15) is 35.3 Å². The number of hydrogen-bond donors (Lipinski definition) is 1. The molecule has 0 saturated carbocycles. The second-order valence-corrected chi connectivity index (χ2v) is 7.11. The molecule has 6 heteroatoms. The predicted octanol–water partition coefficient (Wildman–Crippen LogP) is 4.76. The highest BCUT2D eigenvalue weighted by molar-refractivity contribution is 7.08. The van der Waals surface area contributed by atoms with Crippen LogP contribution in [-0.4, -0.2) is 34.6 Å². The van der Waals surface area contributed by atoms with Gasteiger partial charge in [-0.15, -0.1) is 0 Å². The molecule has 0 aliphatic rings. The summed E-state index contributed by atoms with van der Waals surface area (Å²) in [5, 5.41) is 11.2. The molecule has 0 bridgehead atoms. The third-order valence-electron chi connectivity index (χ3n) is 4.33. The number of benzene rings is 1. The molecule has 1 amide bonds. The molecule has 136 valence electrons. The fourth-order valence-corrected chi connectivity index (χ4v) is 3.44. The van der Waals surface area contributed by atoms with Crippen LogP contribution in [0.5, 0.6) is 0 Å². The number of thiophene rings is 1. The first kappa shape index (κ1) is 18.3. The van der Waals surface area contributed by atoms with Crippen LogP contribution in [0.25, 0.3) is 11.3 Å². The number of aryl methyl sites for hydroxylation is 1. The quantitative estimate of drug-likeness (QED) is 0.580. The molecule has 2 heterocycles. The number of amides is 1. The fraction of sp³-hybridized carbons (Fsp3) is 0.300. The minimum absolute atomic E-state index is 0.0868. The lowest BCUT2D eigenvalue weighted by atomic mass is 10.1. The Bertz CT molecular complexity index is 827. The molecule has 3 rings (SSSR count). The van der Waals surface area contributed by atoms with E-state index in [9.17, 15) is 9.18 Å². The summed E-state index contributed by atoms with van der Waals surface area (Å²) >= 11 is 1.54. The molecule has 0 unspecified atom stereocenters. The lowest BCUT2D eigenvalue weighted by molar-refractivity contribution is 0.0793. The van der Waals surface area contributed by atoms with Gasteiger partial charge in [-0.05, 0) is 61.0 Å². The van der Waals surface area contributed by atoms with Gasteiger partial charge < -0.3 is 4.90 Å². The Morgan fingerprint density at radius 2 is 2.00 bits per heavy atom. The molecular weight excluding hydrogens is 349 g/mol. The van der Waals surface area contributed by atoms with Crippen LogP contribution in [-0.2, 0) is 6.42 Å². The first-order chi connectivity index (χ1) is 12.6. The smallest absolute Gasteiger partial charge is 0.254 e. The molecule has 0 radical (unpaired) electrons. The first-order valence-electron chi connectivity index (χ1n) is 8.71. The zero-order chi connectivity index (χ0) is 18.4. The van der Waals surface area contributed by atoms with Crippen molar-refractivity contribution in [3.05, 3.63) is 64.2 Å². The number of H-pyrrole nitrogens is 1. The van der Waals surface area contributed by atoms with Gasteiger partial charge in [0.2, 0.25) is 0 Å². The zero-order valence-corrected chi connectivity index (χ0v) is 15.6. The molecule has 0 saturated heterocycles. The van der Waals surface area contributed by atoms with Crippen LogP contribution in [0.15, 0.2) is 47.2 Å². The Hall–Kier alpha value is -2.47. The molecule has 3 aromatic rings. The van der Waals surface area contributed by atoms with Crippen molar-refractivity contribution >= 4 is 17.2 Å². The summed E-state index contributed by atoms with van der Waals surface area (Å²) in [5.41, 5.74) is 3.58. The van der Waals surface area contributed by atoms with Crippen molar-refractivity contribution < 1.29 is 9.18 Å². The minimum Gasteiger partial charge on any atom is -0.342 e. The van der Waals surface area contributed by atoms with Gasteiger partial charge in [-0.2, -0.15) is 16.4 Å². The van der Waals surface area contributed by atoms with Gasteiger partial charge in [-0.25, -0.2) is 4.39 Å². The second-order valence-electron chi connectivity index (χ2n) is 6.33. The van der Waals surface area contributed by atoms with E-state index in [1.807, 2.05) is 29.9 Å². The average molecular weight is 371 g/mol. The number of unbranched alkanes of at least 4 members (excludes halogenated alkanes) is 2. The summed E-state index contributed by atoms with van der Waals surface area (Å²) in [7, 11) is 1.85. The second kappa shape index (κ2) is 8.76. The van der Waals surface area contributed by atoms with E-state index in [1.54, 1.807) is 28.4 Å². The van der Waals surface area contributed by atoms with Crippen LogP contribution < -0.4 is 0 Å². The van der Waals surface area contributed by atoms with Crippen LogP contribution in [0.2, 0.25) is 0 Å². The Labute approximate surface area is 156 Å². The number of halogens is 1. The summed E-state index contributed by atoms with van der Waals surface area (Å²) in [6.45, 7) is 0.762. The number of carbonyl (C=O) groups excluding carboxylic acids is 1. The van der Waals surface area contributed by atoms with E-state index in [1.165, 1.54) is 12.1 Å². The van der Waals surface area contributed by atoms with Crippen molar-refractivity contribution in [2.75, 3.05) is 13.6 Å². The van der Waals surface area contributed by atoms with E-state index in [0.717, 1.165) is 54.7 Å². The first-order valence-corrected chi connectivity index (χ1v) is 9.65. The summed E-state index contributed by atoms with van der Waals surface area (Å²) in [6.07, 6.45) is 3.97. The van der Waals surface area contributed by atoms with Gasteiger partial charge in [0.15, 0.2) is 0 Å². The Kier molecular flexibility index (Phi) is 6.17. The molecule has 0 aliphatic carbocycles. The van der Waals surface area contributed by atoms with Crippen molar-refractivity contribution in [1.82, 2.24) is 15.1 Å². The SMILES string of the molecule is CN(CCCCCc1cc(-c2ccc(F)cc2)n[nH]1)C(=O)c1ccsc1. The maximum absolute atomic E-state index is 13.0. The third-order valence-corrected chi connectivity index (χ3v) is 5.01. The predicted molar refractivity (Wildman–Crippen MR) is 103 cm³/mol. The van der Waals surface area contributed by atoms with Gasteiger partial charge in [0, 0.05) is 30.2 Å². The number of aromatic nitrogens is 2. The number of rotatable bonds is 8. The van der Waals surface area contributed by atoms with Crippen LogP contribution in [0.3, 0.4) is 0 Å². The number of carbonyl (C=O) groups is 1. The molecule has 0 atom stereocenters. The number of hydrogen-bond acceptors (Lipinski definition) is 3. The summed E-state index contributed by atoms with van der Waals surface area (Å²) < 4.78 is 13.0. The zero-order valence-electron chi connectivity index (χ0n) is 14.7. The van der Waals surface area contributed by atoms with E-state index in [0.29, 0.717) is 0 Å². The topological polar surface area (TPSA) is 49.0 Å². The van der Waals surface area contributed by atoms with E-state index in [-0.39, 0.29) is 11.7 Å². The monoisotopic (exact) mass is 371 g/mol. The molecule has 0 aliphatic heterocycles. The molecule has 1 N–H and O–H groups in total. The van der Waals surface area contributed by atoms with Crippen LogP contribution in [0.4, 0.5) is 4.39 Å². The normalized spacial score (nSPS) is 10.8. The van der Waals surface area contributed by atoms with Gasteiger partial charge in [0.05, 0.1) is 11.3 Å². The third kappa shape index (κ3) is 4.79. The van der Waals surface area contributed by atoms with Gasteiger partial charge in [0.1, 0.15) is 5.82 Å². The van der Waals surface area contributed by atoms with Crippen molar-refractivity contribution in [2.45, 2.75) is 25.7 Å². The van der Waals surface area contributed by atoms with Crippen molar-refractivity contribution in [3.8, 4) is 11.3 Å². The molecule has 26 heavy (non-hydrogen) atoms. The highest BCUT2D eigenvalue weighted by Crippen LogP contribution is 2.19. The van der Waals surface area contributed by atoms with E-state index in [4.69, 9.17) is 0 Å². The molecule has 1 aromatic carbocycles. The molecule has 0 spiro atoms. The maximum atomic E-state index is 13.0. The summed E-state index contributed by atoms with van der Waals surface area (Å²) in [4.78, 5) is 13.9. The van der Waals surface area contributed by atoms with Crippen LogP contribution in [0, 0.1) is 5.82 Å². The summed E-state index contributed by atoms with van der Waals surface area (Å²) in [5.74, 6) is -0.157. The number of nitrogens with zero attached hydrogens (tertiary/aromatic N) is 2. The largest absolute Gasteiger partial charge is 0.342 e. The molecule has 2 aromatic heterocycles. The maximum Gasteiger partial charge on any atom is 0.254 e. The Morgan fingerprint density at radius 1 is 1.19 bits per heavy atom. The lowest BCUT2D eigenvalue weighted by Crippen LogP contribution is -2.27. The number of aromatic amines is 1. The van der Waals surface area contributed by atoms with Crippen LogP contribution >= 0.6 is 11.3 Å². The van der Waals surface area contributed by atoms with Crippen molar-refractivity contribution in [1.29, 1.82) is 0 Å². The summed E-state index contributed by atoms with van der Waals surface area (Å²) in [6, 6.07) is 10.2. The van der Waals surface area contributed by atoms with Crippen molar-refractivity contribution in [2.24, 2.45) is 0 Å². The van der Waals surface area contributed by atoms with E-state index < -0.39 is 0 Å². The van der Waals surface area contributed by atoms with Crippen molar-refractivity contribution in [3.63, 3.8) is 0 Å². The minimum atomic E-state index is -0.244. The Morgan fingerprint density at radius 3 is 2.73 bits per heavy atom. The van der Waals surface area contributed by atoms with E-state index >= 15 is 0 Å². The van der Waals surface area contributed by atoms with Gasteiger partial charge in [-0.1, -0.05) is 6.42 Å². The highest BCUT2D eigenvalue weighted by atomic mass is 32.1. The molecule has 4 nitrogen and oxygen atoms in total. The standard InChI is InChI=1S/C20H22FN3OS/c1-24(20(25)16-10-12-26-14-16)11-4-2-3-5-18-13-19(23-22-18)15-6-8-17(21)9-7-15/h6-10,12-14H,2-5,11H2,1H3,(H,22,23). The number of nitrogens with one attached hydrogen (secondary N) is 1. The average Bonchev–Trinajstić information content (AvgIpc) is 3.33. The lowest BCUT2D eigenvalue weighted by Gasteiger charge is -2.16. The van der Waals surface area contributed by atoms with E-state index in [2.05, 4.69) is 10.2 Å². The van der Waals surface area contributed by atoms with Gasteiger partial charge in [0.25, 0.3) is 5.91 Å². The fourth-order valence-electron chi connectivity index (χ4n) is 2.81. The van der Waals surface area contributed by atoms with Gasteiger partial charge in [-0.3, -0.25) is 9.89 Å². The van der Waals surface area contributed by atoms with Gasteiger partial charge >= 0.3 is 0 Å². The Balaban J connectivity index is 1.39. The highest BCUT2D eigenvalue weighted by Gasteiger charge is 2.11.